The van der Waals surface area contributed by atoms with E-state index >= 15 is 0 Å². The van der Waals surface area contributed by atoms with Crippen LogP contribution in [0.15, 0.2) is 18.6 Å². The summed E-state index contributed by atoms with van der Waals surface area (Å²) < 4.78 is 10.1. The molecule has 0 saturated heterocycles. The molecule has 0 aromatic carbocycles. The molecule has 0 unspecified atom stereocenters. The summed E-state index contributed by atoms with van der Waals surface area (Å²) in [6, 6.07) is 0. The quantitative estimate of drug-likeness (QED) is 0.605. The summed E-state index contributed by atoms with van der Waals surface area (Å²) in [5.74, 6) is 0. The van der Waals surface area contributed by atoms with Crippen molar-refractivity contribution in [3.63, 3.8) is 0 Å². The van der Waals surface area contributed by atoms with Crippen LogP contribution in [0.4, 0.5) is 0 Å². The third-order valence-corrected chi connectivity index (χ3v) is 1.30. The van der Waals surface area contributed by atoms with E-state index in [4.69, 9.17) is 9.47 Å². The Kier molecular flexibility index (Phi) is 4.26. The Morgan fingerprint density at radius 1 is 1.33 bits per heavy atom. The maximum absolute atomic E-state index is 5.23. The molecule has 66 valence electrons. The topological polar surface area (TPSA) is 44.2 Å². The van der Waals surface area contributed by atoms with E-state index in [1.807, 2.05) is 0 Å². The van der Waals surface area contributed by atoms with Gasteiger partial charge in [0.1, 0.15) is 0 Å². The number of hydrogen-bond donors (Lipinski definition) is 0. The molecule has 0 radical (unpaired) electrons. The van der Waals surface area contributed by atoms with Gasteiger partial charge in [-0.25, -0.2) is 0 Å². The van der Waals surface area contributed by atoms with Gasteiger partial charge in [-0.15, -0.1) is 0 Å². The van der Waals surface area contributed by atoms with E-state index in [0.29, 0.717) is 19.8 Å². The molecule has 0 aliphatic carbocycles. The summed E-state index contributed by atoms with van der Waals surface area (Å²) in [5, 5.41) is 0. The minimum Gasteiger partial charge on any atom is -0.382 e. The van der Waals surface area contributed by atoms with Crippen molar-refractivity contribution in [2.45, 2.75) is 6.61 Å². The number of aromatic nitrogens is 2. The second kappa shape index (κ2) is 5.62. The molecule has 0 amide bonds. The summed E-state index contributed by atoms with van der Waals surface area (Å²) in [6.07, 6.45) is 4.97. The van der Waals surface area contributed by atoms with Crippen LogP contribution in [-0.2, 0) is 16.1 Å². The molecule has 1 aromatic rings. The molecule has 0 aliphatic rings. The summed E-state index contributed by atoms with van der Waals surface area (Å²) in [5.41, 5.74) is 0.841. The Morgan fingerprint density at radius 3 is 2.92 bits per heavy atom. The van der Waals surface area contributed by atoms with E-state index in [-0.39, 0.29) is 0 Å². The average molecular weight is 168 g/mol. The lowest BCUT2D eigenvalue weighted by Gasteiger charge is -2.01. The van der Waals surface area contributed by atoms with E-state index in [0.717, 1.165) is 5.69 Å². The van der Waals surface area contributed by atoms with E-state index < -0.39 is 0 Å². The first-order valence-electron chi connectivity index (χ1n) is 3.75. The van der Waals surface area contributed by atoms with Crippen molar-refractivity contribution in [3.8, 4) is 0 Å². The van der Waals surface area contributed by atoms with Gasteiger partial charge in [0.05, 0.1) is 31.7 Å². The highest BCUT2D eigenvalue weighted by Gasteiger charge is 1.92. The van der Waals surface area contributed by atoms with E-state index in [2.05, 4.69) is 9.97 Å². The zero-order chi connectivity index (χ0) is 8.65. The molecule has 1 heterocycles. The number of hydrogen-bond acceptors (Lipinski definition) is 4. The first-order valence-corrected chi connectivity index (χ1v) is 3.75. The highest BCUT2D eigenvalue weighted by molar-refractivity contribution is 4.91. The minimum absolute atomic E-state index is 0.497. The zero-order valence-electron chi connectivity index (χ0n) is 7.06. The third kappa shape index (κ3) is 3.41. The van der Waals surface area contributed by atoms with Gasteiger partial charge in [0.2, 0.25) is 0 Å². The van der Waals surface area contributed by atoms with Gasteiger partial charge in [-0.05, 0) is 0 Å². The van der Waals surface area contributed by atoms with Crippen molar-refractivity contribution in [2.24, 2.45) is 0 Å². The molecule has 0 saturated carbocycles. The van der Waals surface area contributed by atoms with Gasteiger partial charge in [-0.2, -0.15) is 0 Å². The van der Waals surface area contributed by atoms with Crippen LogP contribution in [0.3, 0.4) is 0 Å². The van der Waals surface area contributed by atoms with Gasteiger partial charge in [-0.1, -0.05) is 0 Å². The van der Waals surface area contributed by atoms with Crippen molar-refractivity contribution < 1.29 is 9.47 Å². The Labute approximate surface area is 71.6 Å². The molecule has 1 aromatic heterocycles. The summed E-state index contributed by atoms with van der Waals surface area (Å²) in [6.45, 7) is 1.70. The standard InChI is InChI=1S/C8H12N2O2/c1-11-4-5-12-7-8-6-9-2-3-10-8/h2-3,6H,4-5,7H2,1H3. The van der Waals surface area contributed by atoms with E-state index in [1.165, 1.54) is 0 Å². The molecule has 1 rings (SSSR count). The molecule has 0 N–H and O–H groups in total. The molecule has 4 nitrogen and oxygen atoms in total. The van der Waals surface area contributed by atoms with Crippen LogP contribution in [0.2, 0.25) is 0 Å². The second-order valence-electron chi connectivity index (χ2n) is 2.24. The van der Waals surface area contributed by atoms with Crippen LogP contribution in [0.1, 0.15) is 5.69 Å². The fourth-order valence-corrected chi connectivity index (χ4v) is 0.723. The van der Waals surface area contributed by atoms with Crippen molar-refractivity contribution >= 4 is 0 Å². The molecule has 0 atom stereocenters. The third-order valence-electron chi connectivity index (χ3n) is 1.30. The van der Waals surface area contributed by atoms with Crippen LogP contribution >= 0.6 is 0 Å². The fraction of sp³-hybridized carbons (Fsp3) is 0.500. The first-order chi connectivity index (χ1) is 5.93. The molecule has 12 heavy (non-hydrogen) atoms. The molecule has 0 aliphatic heterocycles. The van der Waals surface area contributed by atoms with Gasteiger partial charge >= 0.3 is 0 Å². The molecule has 4 heteroatoms. The smallest absolute Gasteiger partial charge is 0.0904 e. The highest BCUT2D eigenvalue weighted by atomic mass is 16.5. The maximum atomic E-state index is 5.23. The monoisotopic (exact) mass is 168 g/mol. The van der Waals surface area contributed by atoms with Crippen molar-refractivity contribution in [1.82, 2.24) is 9.97 Å². The molecule has 0 spiro atoms. The Bertz CT molecular complexity index is 203. The van der Waals surface area contributed by atoms with Gasteiger partial charge in [0, 0.05) is 19.5 Å². The van der Waals surface area contributed by atoms with Gasteiger partial charge in [0.25, 0.3) is 0 Å². The van der Waals surface area contributed by atoms with Crippen LogP contribution in [0.5, 0.6) is 0 Å². The first kappa shape index (κ1) is 9.09. The van der Waals surface area contributed by atoms with Crippen LogP contribution < -0.4 is 0 Å². The lowest BCUT2D eigenvalue weighted by atomic mass is 10.5. The summed E-state index contributed by atoms with van der Waals surface area (Å²) in [4.78, 5) is 7.96. The van der Waals surface area contributed by atoms with Crippen molar-refractivity contribution in [2.75, 3.05) is 20.3 Å². The highest BCUT2D eigenvalue weighted by Crippen LogP contribution is 1.92. The largest absolute Gasteiger partial charge is 0.382 e. The number of rotatable bonds is 5. The predicted octanol–water partition coefficient (Wildman–Crippen LogP) is 0.640. The van der Waals surface area contributed by atoms with E-state index in [1.54, 1.807) is 25.7 Å². The molecule has 0 fully saturated rings. The predicted molar refractivity (Wildman–Crippen MR) is 43.6 cm³/mol. The number of nitrogens with zero attached hydrogens (tertiary/aromatic N) is 2. The van der Waals surface area contributed by atoms with E-state index in [9.17, 15) is 0 Å². The molecular weight excluding hydrogens is 156 g/mol. The van der Waals surface area contributed by atoms with Gasteiger partial charge in [-0.3, -0.25) is 9.97 Å². The Balaban J connectivity index is 2.16. The summed E-state index contributed by atoms with van der Waals surface area (Å²) >= 11 is 0. The van der Waals surface area contributed by atoms with Gasteiger partial charge < -0.3 is 9.47 Å². The number of ether oxygens (including phenoxy) is 2. The van der Waals surface area contributed by atoms with Crippen LogP contribution in [0.25, 0.3) is 0 Å². The fourth-order valence-electron chi connectivity index (χ4n) is 0.723. The lowest BCUT2D eigenvalue weighted by molar-refractivity contribution is 0.0601. The SMILES string of the molecule is COCCOCc1cnccn1. The lowest BCUT2D eigenvalue weighted by Crippen LogP contribution is -2.02. The van der Waals surface area contributed by atoms with Crippen LogP contribution in [-0.4, -0.2) is 30.3 Å². The normalized spacial score (nSPS) is 10.1. The minimum atomic E-state index is 0.497. The number of methoxy groups -OCH3 is 1. The van der Waals surface area contributed by atoms with Crippen LogP contribution in [0, 0.1) is 0 Å². The Morgan fingerprint density at radius 2 is 2.25 bits per heavy atom. The van der Waals surface area contributed by atoms with Crippen molar-refractivity contribution in [3.05, 3.63) is 24.3 Å². The maximum Gasteiger partial charge on any atom is 0.0904 e. The summed E-state index contributed by atoms with van der Waals surface area (Å²) in [7, 11) is 1.64. The zero-order valence-corrected chi connectivity index (χ0v) is 7.06. The van der Waals surface area contributed by atoms with Gasteiger partial charge in [0.15, 0.2) is 0 Å². The Hall–Kier alpha value is -1.00. The average Bonchev–Trinajstić information content (AvgIpc) is 2.14. The molecular formula is C8H12N2O2. The van der Waals surface area contributed by atoms with Crippen molar-refractivity contribution in [1.29, 1.82) is 0 Å². The molecule has 0 bridgehead atoms. The second-order valence-corrected chi connectivity index (χ2v) is 2.24.